The van der Waals surface area contributed by atoms with Gasteiger partial charge in [0.05, 0.1) is 0 Å². The van der Waals surface area contributed by atoms with E-state index in [-0.39, 0.29) is 6.04 Å². The van der Waals surface area contributed by atoms with E-state index in [4.69, 9.17) is 10.5 Å². The van der Waals surface area contributed by atoms with Crippen molar-refractivity contribution < 1.29 is 8.95 Å². The molecule has 0 bridgehead atoms. The SMILES string of the molecule is CC(C)C(N)CS(=O)C1CCOCC1. The van der Waals surface area contributed by atoms with Gasteiger partial charge in [0.1, 0.15) is 0 Å². The fraction of sp³-hybridized carbons (Fsp3) is 1.00. The number of ether oxygens (including phenoxy) is 1. The van der Waals surface area contributed by atoms with E-state index in [0.29, 0.717) is 16.9 Å². The van der Waals surface area contributed by atoms with Crippen LogP contribution in [-0.4, -0.2) is 34.5 Å². The number of hydrogen-bond acceptors (Lipinski definition) is 3. The van der Waals surface area contributed by atoms with Gasteiger partial charge in [-0.05, 0) is 18.8 Å². The summed E-state index contributed by atoms with van der Waals surface area (Å²) < 4.78 is 17.1. The van der Waals surface area contributed by atoms with Gasteiger partial charge in [0, 0.05) is 41.1 Å². The standard InChI is InChI=1S/C10H21NO2S/c1-8(2)10(11)7-14(12)9-3-5-13-6-4-9/h8-10H,3-7,11H2,1-2H3. The Hall–Kier alpha value is 0.0700. The van der Waals surface area contributed by atoms with Gasteiger partial charge in [0.25, 0.3) is 0 Å². The Bertz CT molecular complexity index is 191. The molecule has 0 aromatic carbocycles. The molecule has 2 N–H and O–H groups in total. The first-order valence-electron chi connectivity index (χ1n) is 5.31. The zero-order chi connectivity index (χ0) is 10.6. The molecule has 0 aromatic heterocycles. The average molecular weight is 219 g/mol. The highest BCUT2D eigenvalue weighted by molar-refractivity contribution is 7.85. The van der Waals surface area contributed by atoms with Crippen molar-refractivity contribution in [2.24, 2.45) is 11.7 Å². The van der Waals surface area contributed by atoms with Gasteiger partial charge in [0.2, 0.25) is 0 Å². The Morgan fingerprint density at radius 2 is 2.00 bits per heavy atom. The third-order valence-electron chi connectivity index (χ3n) is 2.75. The Morgan fingerprint density at radius 3 is 2.50 bits per heavy atom. The Kier molecular flexibility index (Phi) is 5.06. The highest BCUT2D eigenvalue weighted by atomic mass is 32.2. The number of rotatable bonds is 4. The summed E-state index contributed by atoms with van der Waals surface area (Å²) in [6, 6.07) is 0.0682. The maximum atomic E-state index is 11.9. The molecule has 1 aliphatic rings. The second-order valence-corrected chi connectivity index (χ2v) is 6.03. The molecule has 1 aliphatic heterocycles. The van der Waals surface area contributed by atoms with Crippen LogP contribution in [0.2, 0.25) is 0 Å². The molecule has 4 heteroatoms. The molecule has 84 valence electrons. The van der Waals surface area contributed by atoms with E-state index in [1.165, 1.54) is 0 Å². The van der Waals surface area contributed by atoms with Crippen molar-refractivity contribution in [1.82, 2.24) is 0 Å². The molecular formula is C10H21NO2S. The van der Waals surface area contributed by atoms with Crippen LogP contribution in [0.5, 0.6) is 0 Å². The molecule has 0 radical (unpaired) electrons. The smallest absolute Gasteiger partial charge is 0.0477 e. The minimum absolute atomic E-state index is 0.0682. The fourth-order valence-corrected chi connectivity index (χ4v) is 3.21. The topological polar surface area (TPSA) is 52.3 Å². The number of hydrogen-bond donors (Lipinski definition) is 1. The first kappa shape index (κ1) is 12.1. The van der Waals surface area contributed by atoms with E-state index in [9.17, 15) is 4.21 Å². The Labute approximate surface area is 88.8 Å². The lowest BCUT2D eigenvalue weighted by atomic mass is 10.1. The van der Waals surface area contributed by atoms with E-state index in [1.807, 2.05) is 0 Å². The summed E-state index contributed by atoms with van der Waals surface area (Å²) in [5, 5.41) is 0.313. The summed E-state index contributed by atoms with van der Waals surface area (Å²) in [7, 11) is -0.762. The third-order valence-corrected chi connectivity index (χ3v) is 4.68. The molecular weight excluding hydrogens is 198 g/mol. The first-order chi connectivity index (χ1) is 6.61. The van der Waals surface area contributed by atoms with Crippen molar-refractivity contribution in [3.05, 3.63) is 0 Å². The zero-order valence-corrected chi connectivity index (χ0v) is 9.89. The van der Waals surface area contributed by atoms with Crippen molar-refractivity contribution >= 4 is 10.8 Å². The molecule has 14 heavy (non-hydrogen) atoms. The van der Waals surface area contributed by atoms with E-state index in [1.54, 1.807) is 0 Å². The van der Waals surface area contributed by atoms with Crippen LogP contribution in [0, 0.1) is 5.92 Å². The first-order valence-corrected chi connectivity index (χ1v) is 6.70. The van der Waals surface area contributed by atoms with Crippen LogP contribution >= 0.6 is 0 Å². The van der Waals surface area contributed by atoms with Crippen LogP contribution in [0.4, 0.5) is 0 Å². The predicted octanol–water partition coefficient (Wildman–Crippen LogP) is 0.897. The molecule has 2 atom stereocenters. The van der Waals surface area contributed by atoms with Crippen LogP contribution in [0.3, 0.4) is 0 Å². The lowest BCUT2D eigenvalue weighted by Gasteiger charge is -2.23. The third kappa shape index (κ3) is 3.67. The van der Waals surface area contributed by atoms with Crippen molar-refractivity contribution in [1.29, 1.82) is 0 Å². The monoisotopic (exact) mass is 219 g/mol. The van der Waals surface area contributed by atoms with E-state index < -0.39 is 10.8 Å². The summed E-state index contributed by atoms with van der Waals surface area (Å²) in [5.41, 5.74) is 5.90. The average Bonchev–Trinajstić information content (AvgIpc) is 2.19. The summed E-state index contributed by atoms with van der Waals surface area (Å²) >= 11 is 0. The van der Waals surface area contributed by atoms with Crippen molar-refractivity contribution in [3.63, 3.8) is 0 Å². The lowest BCUT2D eigenvalue weighted by molar-refractivity contribution is 0.0992. The lowest BCUT2D eigenvalue weighted by Crippen LogP contribution is -2.37. The maximum absolute atomic E-state index is 11.9. The minimum atomic E-state index is -0.762. The van der Waals surface area contributed by atoms with Gasteiger partial charge in [-0.15, -0.1) is 0 Å². The number of nitrogens with two attached hydrogens (primary N) is 1. The van der Waals surface area contributed by atoms with E-state index >= 15 is 0 Å². The van der Waals surface area contributed by atoms with Crippen molar-refractivity contribution in [2.75, 3.05) is 19.0 Å². The molecule has 1 fully saturated rings. The molecule has 0 aromatic rings. The van der Waals surface area contributed by atoms with Crippen LogP contribution in [0.1, 0.15) is 26.7 Å². The highest BCUT2D eigenvalue weighted by Crippen LogP contribution is 2.14. The second-order valence-electron chi connectivity index (χ2n) is 4.27. The minimum Gasteiger partial charge on any atom is -0.381 e. The molecule has 1 saturated heterocycles. The van der Waals surface area contributed by atoms with E-state index in [0.717, 1.165) is 26.1 Å². The van der Waals surface area contributed by atoms with Gasteiger partial charge in [-0.3, -0.25) is 4.21 Å². The molecule has 0 aliphatic carbocycles. The van der Waals surface area contributed by atoms with Crippen LogP contribution < -0.4 is 5.73 Å². The Balaban J connectivity index is 2.33. The van der Waals surface area contributed by atoms with Gasteiger partial charge in [-0.1, -0.05) is 13.8 Å². The molecule has 0 spiro atoms. The molecule has 2 unspecified atom stereocenters. The van der Waals surface area contributed by atoms with Gasteiger partial charge in [-0.25, -0.2) is 0 Å². The molecule has 1 rings (SSSR count). The van der Waals surface area contributed by atoms with E-state index in [2.05, 4.69) is 13.8 Å². The van der Waals surface area contributed by atoms with Crippen LogP contribution in [0.25, 0.3) is 0 Å². The van der Waals surface area contributed by atoms with Gasteiger partial charge >= 0.3 is 0 Å². The normalized spacial score (nSPS) is 23.7. The summed E-state index contributed by atoms with van der Waals surface area (Å²) in [4.78, 5) is 0. The molecule has 0 saturated carbocycles. The summed E-state index contributed by atoms with van der Waals surface area (Å²) in [6.45, 7) is 5.67. The van der Waals surface area contributed by atoms with Crippen molar-refractivity contribution in [2.45, 2.75) is 38.0 Å². The Morgan fingerprint density at radius 1 is 1.43 bits per heavy atom. The largest absolute Gasteiger partial charge is 0.381 e. The quantitative estimate of drug-likeness (QED) is 0.764. The highest BCUT2D eigenvalue weighted by Gasteiger charge is 2.22. The summed E-state index contributed by atoms with van der Waals surface area (Å²) in [5.74, 6) is 1.06. The van der Waals surface area contributed by atoms with Gasteiger partial charge < -0.3 is 10.5 Å². The predicted molar refractivity (Wildman–Crippen MR) is 59.7 cm³/mol. The molecule has 1 heterocycles. The van der Waals surface area contributed by atoms with Crippen molar-refractivity contribution in [3.8, 4) is 0 Å². The van der Waals surface area contributed by atoms with Gasteiger partial charge in [0.15, 0.2) is 0 Å². The second kappa shape index (κ2) is 5.83. The molecule has 0 amide bonds. The molecule has 3 nitrogen and oxygen atoms in total. The van der Waals surface area contributed by atoms with Gasteiger partial charge in [-0.2, -0.15) is 0 Å². The zero-order valence-electron chi connectivity index (χ0n) is 9.07. The maximum Gasteiger partial charge on any atom is 0.0477 e. The summed E-state index contributed by atoms with van der Waals surface area (Å²) in [6.07, 6.45) is 1.86. The van der Waals surface area contributed by atoms with Crippen LogP contribution in [0.15, 0.2) is 0 Å². The fourth-order valence-electron chi connectivity index (χ4n) is 1.46. The van der Waals surface area contributed by atoms with Crippen LogP contribution in [-0.2, 0) is 15.5 Å².